The molecule has 270 valence electrons. The Bertz CT molecular complexity index is 2570. The van der Waals surface area contributed by atoms with Gasteiger partial charge in [0.1, 0.15) is 0 Å². The predicted octanol–water partition coefficient (Wildman–Crippen LogP) is 13.2. The lowest BCUT2D eigenvalue weighted by molar-refractivity contribution is 0.626. The number of hydrogen-bond acceptors (Lipinski definition) is 3. The normalized spacial score (nSPS) is 18.7. The summed E-state index contributed by atoms with van der Waals surface area (Å²) in [5.74, 6) is 0.269. The van der Waals surface area contributed by atoms with Gasteiger partial charge in [-0.1, -0.05) is 134 Å². The maximum Gasteiger partial charge on any atom is 0.0559 e. The van der Waals surface area contributed by atoms with Gasteiger partial charge in [0.05, 0.1) is 6.04 Å². The van der Waals surface area contributed by atoms with Gasteiger partial charge >= 0.3 is 0 Å². The SMILES string of the molecule is Cc1cc(-c2ccc(N(c3ccccc3)c3ccccc3)cc2)c2c3c1C=CC1=C(c4ccc(N(c5ccccc5)C5C=CC=CC5)cc4)C=C(N)C(C=C2)C13. The van der Waals surface area contributed by atoms with E-state index in [0.29, 0.717) is 0 Å². The first kappa shape index (κ1) is 33.7. The molecular weight excluding hydrogens is 679 g/mol. The fraction of sp³-hybridized carbons (Fsp3) is 0.0943. The zero-order valence-electron chi connectivity index (χ0n) is 31.5. The van der Waals surface area contributed by atoms with Crippen LogP contribution in [0.25, 0.3) is 28.9 Å². The van der Waals surface area contributed by atoms with Gasteiger partial charge in [-0.25, -0.2) is 0 Å². The summed E-state index contributed by atoms with van der Waals surface area (Å²) in [5.41, 5.74) is 25.2. The number of para-hydroxylation sites is 3. The van der Waals surface area contributed by atoms with Crippen LogP contribution in [0, 0.1) is 12.8 Å². The standard InChI is InChI=1S/C53H43N3/c1-36-34-49(37-22-26-43(27-23-37)55(39-14-6-2-7-15-39)40-16-8-3-9-17-40)46-32-33-48-51(54)35-50(47-31-30-45(36)52(46)53(47)48)38-24-28-44(29-25-38)56(41-18-10-4-11-19-41)42-20-12-5-13-21-42/h2-20,22-35,42,48,53H,21,54H2,1H3. The minimum atomic E-state index is 0.117. The zero-order chi connectivity index (χ0) is 37.6. The van der Waals surface area contributed by atoms with E-state index in [0.717, 1.165) is 29.2 Å². The lowest BCUT2D eigenvalue weighted by Gasteiger charge is -2.40. The average molecular weight is 722 g/mol. The number of aryl methyl sites for hydroxylation is 1. The molecule has 0 radical (unpaired) electrons. The number of rotatable bonds is 8. The third-order valence-electron chi connectivity index (χ3n) is 11.8. The van der Waals surface area contributed by atoms with Gasteiger partial charge in [-0.15, -0.1) is 0 Å². The van der Waals surface area contributed by atoms with E-state index in [4.69, 9.17) is 5.73 Å². The molecule has 0 amide bonds. The molecule has 56 heavy (non-hydrogen) atoms. The van der Waals surface area contributed by atoms with Crippen molar-refractivity contribution in [1.29, 1.82) is 0 Å². The van der Waals surface area contributed by atoms with Crippen LogP contribution >= 0.6 is 0 Å². The number of nitrogens with zero attached hydrogens (tertiary/aromatic N) is 2. The predicted molar refractivity (Wildman–Crippen MR) is 236 cm³/mol. The molecule has 0 aromatic heterocycles. The third kappa shape index (κ3) is 5.84. The van der Waals surface area contributed by atoms with Crippen molar-refractivity contribution in [3.8, 4) is 11.1 Å². The Hall–Kier alpha value is -6.84. The summed E-state index contributed by atoms with van der Waals surface area (Å²) >= 11 is 0. The highest BCUT2D eigenvalue weighted by atomic mass is 15.2. The molecule has 0 bridgehead atoms. The van der Waals surface area contributed by atoms with Gasteiger partial charge in [0.15, 0.2) is 0 Å². The van der Waals surface area contributed by atoms with Gasteiger partial charge < -0.3 is 15.5 Å². The van der Waals surface area contributed by atoms with Crippen LogP contribution in [0.5, 0.6) is 0 Å². The van der Waals surface area contributed by atoms with Crippen molar-refractivity contribution in [2.24, 2.45) is 11.7 Å². The summed E-state index contributed by atoms with van der Waals surface area (Å²) in [6, 6.07) is 52.7. The molecule has 0 saturated heterocycles. The quantitative estimate of drug-likeness (QED) is 0.170. The first-order chi connectivity index (χ1) is 27.6. The molecule has 0 fully saturated rings. The molecule has 3 heteroatoms. The molecule has 0 aliphatic heterocycles. The van der Waals surface area contributed by atoms with Crippen LogP contribution in [0.4, 0.5) is 28.4 Å². The summed E-state index contributed by atoms with van der Waals surface area (Å²) in [5, 5.41) is 0. The van der Waals surface area contributed by atoms with Gasteiger partial charge in [0.2, 0.25) is 0 Å². The Morgan fingerprint density at radius 3 is 1.80 bits per heavy atom. The fourth-order valence-corrected chi connectivity index (χ4v) is 9.20. The van der Waals surface area contributed by atoms with Crippen molar-refractivity contribution in [3.63, 3.8) is 0 Å². The Labute approximate surface area is 330 Å². The summed E-state index contributed by atoms with van der Waals surface area (Å²) in [7, 11) is 0. The van der Waals surface area contributed by atoms with Crippen LogP contribution in [-0.2, 0) is 0 Å². The molecule has 3 nitrogen and oxygen atoms in total. The molecule has 3 atom stereocenters. The van der Waals surface area contributed by atoms with Gasteiger partial charge in [-0.3, -0.25) is 0 Å². The summed E-state index contributed by atoms with van der Waals surface area (Å²) in [6.07, 6.45) is 21.4. The summed E-state index contributed by atoms with van der Waals surface area (Å²) in [6.45, 7) is 2.25. The van der Waals surface area contributed by atoms with Crippen LogP contribution in [0.15, 0.2) is 199 Å². The second kappa shape index (κ2) is 14.1. The molecule has 4 aliphatic rings. The Kier molecular flexibility index (Phi) is 8.49. The maximum absolute atomic E-state index is 7.02. The summed E-state index contributed by atoms with van der Waals surface area (Å²) in [4.78, 5) is 4.75. The minimum absolute atomic E-state index is 0.117. The number of nitrogens with two attached hydrogens (primary N) is 1. The van der Waals surface area contributed by atoms with E-state index in [1.165, 1.54) is 61.5 Å². The molecular formula is C53H43N3. The van der Waals surface area contributed by atoms with E-state index < -0.39 is 0 Å². The largest absolute Gasteiger partial charge is 0.402 e. The molecule has 2 N–H and O–H groups in total. The van der Waals surface area contributed by atoms with Crippen LogP contribution in [0.2, 0.25) is 0 Å². The van der Waals surface area contributed by atoms with Gasteiger partial charge in [-0.05, 0) is 130 Å². The van der Waals surface area contributed by atoms with Crippen molar-refractivity contribution in [3.05, 3.63) is 227 Å². The first-order valence-corrected chi connectivity index (χ1v) is 19.7. The van der Waals surface area contributed by atoms with Crippen molar-refractivity contribution in [2.75, 3.05) is 9.80 Å². The minimum Gasteiger partial charge on any atom is -0.402 e. The number of anilines is 5. The molecule has 0 heterocycles. The summed E-state index contributed by atoms with van der Waals surface area (Å²) < 4.78 is 0. The topological polar surface area (TPSA) is 32.5 Å². The van der Waals surface area contributed by atoms with Gasteiger partial charge in [0.25, 0.3) is 0 Å². The lowest BCUT2D eigenvalue weighted by Crippen LogP contribution is -2.29. The van der Waals surface area contributed by atoms with Crippen LogP contribution in [0.3, 0.4) is 0 Å². The van der Waals surface area contributed by atoms with E-state index in [-0.39, 0.29) is 17.9 Å². The number of allylic oxidation sites excluding steroid dienone is 7. The third-order valence-corrected chi connectivity index (χ3v) is 11.8. The second-order valence-corrected chi connectivity index (χ2v) is 15.1. The Morgan fingerprint density at radius 1 is 0.571 bits per heavy atom. The smallest absolute Gasteiger partial charge is 0.0559 e. The van der Waals surface area contributed by atoms with Crippen molar-refractivity contribution < 1.29 is 0 Å². The van der Waals surface area contributed by atoms with Gasteiger partial charge in [-0.2, -0.15) is 0 Å². The monoisotopic (exact) mass is 721 g/mol. The Balaban J connectivity index is 1.03. The molecule has 4 aliphatic carbocycles. The highest BCUT2D eigenvalue weighted by Gasteiger charge is 2.39. The highest BCUT2D eigenvalue weighted by Crippen LogP contribution is 2.54. The van der Waals surface area contributed by atoms with Crippen molar-refractivity contribution in [2.45, 2.75) is 25.3 Å². The number of hydrogen-bond donors (Lipinski definition) is 1. The second-order valence-electron chi connectivity index (χ2n) is 15.1. The zero-order valence-corrected chi connectivity index (χ0v) is 31.5. The van der Waals surface area contributed by atoms with E-state index in [1.807, 2.05) is 0 Å². The average Bonchev–Trinajstić information content (AvgIpc) is 3.26. The fourth-order valence-electron chi connectivity index (χ4n) is 9.20. The lowest BCUT2D eigenvalue weighted by atomic mass is 9.64. The van der Waals surface area contributed by atoms with Crippen molar-refractivity contribution >= 4 is 46.2 Å². The highest BCUT2D eigenvalue weighted by molar-refractivity contribution is 5.92. The van der Waals surface area contributed by atoms with E-state index >= 15 is 0 Å². The molecule has 6 aromatic rings. The van der Waals surface area contributed by atoms with E-state index in [1.54, 1.807) is 0 Å². The van der Waals surface area contributed by atoms with Crippen LogP contribution < -0.4 is 15.5 Å². The van der Waals surface area contributed by atoms with Crippen LogP contribution in [0.1, 0.15) is 40.2 Å². The molecule has 0 saturated carbocycles. The van der Waals surface area contributed by atoms with Gasteiger partial charge in [0, 0.05) is 46.0 Å². The first-order valence-electron chi connectivity index (χ1n) is 19.7. The van der Waals surface area contributed by atoms with E-state index in [9.17, 15) is 0 Å². The molecule has 3 unspecified atom stereocenters. The maximum atomic E-state index is 7.02. The Morgan fingerprint density at radius 2 is 1.16 bits per heavy atom. The van der Waals surface area contributed by atoms with Crippen LogP contribution in [-0.4, -0.2) is 6.04 Å². The van der Waals surface area contributed by atoms with Crippen molar-refractivity contribution in [1.82, 2.24) is 0 Å². The molecule has 0 spiro atoms. The molecule has 10 rings (SSSR count). The molecule has 6 aromatic carbocycles. The van der Waals surface area contributed by atoms with E-state index in [2.05, 4.69) is 217 Å². The number of benzene rings is 6.